The van der Waals surface area contributed by atoms with Crippen molar-refractivity contribution in [2.45, 2.75) is 25.3 Å². The molecular formula is C14H18N2O5. The van der Waals surface area contributed by atoms with Gasteiger partial charge in [0.2, 0.25) is 11.8 Å². The summed E-state index contributed by atoms with van der Waals surface area (Å²) in [7, 11) is 1.56. The van der Waals surface area contributed by atoms with Crippen LogP contribution in [0.5, 0.6) is 5.75 Å². The molecule has 1 aromatic carbocycles. The third kappa shape index (κ3) is 5.94. The Morgan fingerprint density at radius 3 is 2.38 bits per heavy atom. The molecule has 2 amide bonds. The number of amides is 2. The average molecular weight is 294 g/mol. The summed E-state index contributed by atoms with van der Waals surface area (Å²) in [4.78, 5) is 33.3. The zero-order valence-corrected chi connectivity index (χ0v) is 11.7. The Kier molecular flexibility index (Phi) is 6.19. The molecule has 0 saturated carbocycles. The number of aliphatic carboxylic acids is 1. The molecule has 0 aliphatic heterocycles. The van der Waals surface area contributed by atoms with Crippen molar-refractivity contribution in [1.29, 1.82) is 0 Å². The van der Waals surface area contributed by atoms with E-state index in [4.69, 9.17) is 15.6 Å². The molecule has 0 fully saturated rings. The number of hydrogen-bond donors (Lipinski definition) is 3. The van der Waals surface area contributed by atoms with Crippen LogP contribution < -0.4 is 15.8 Å². The van der Waals surface area contributed by atoms with Gasteiger partial charge in [-0.2, -0.15) is 0 Å². The number of ether oxygens (including phenoxy) is 1. The van der Waals surface area contributed by atoms with Crippen molar-refractivity contribution in [1.82, 2.24) is 5.32 Å². The number of aryl methyl sites for hydroxylation is 1. The molecule has 1 rings (SSSR count). The van der Waals surface area contributed by atoms with Gasteiger partial charge in [-0.3, -0.25) is 9.59 Å². The summed E-state index contributed by atoms with van der Waals surface area (Å²) >= 11 is 0. The van der Waals surface area contributed by atoms with Crippen molar-refractivity contribution in [2.75, 3.05) is 7.11 Å². The summed E-state index contributed by atoms with van der Waals surface area (Å²) in [6, 6.07) is 5.92. The van der Waals surface area contributed by atoms with Crippen LogP contribution in [0.3, 0.4) is 0 Å². The van der Waals surface area contributed by atoms with E-state index in [0.29, 0.717) is 6.42 Å². The van der Waals surface area contributed by atoms with Crippen LogP contribution >= 0.6 is 0 Å². The first-order chi connectivity index (χ1) is 9.92. The molecule has 0 unspecified atom stereocenters. The third-order valence-corrected chi connectivity index (χ3v) is 2.84. The van der Waals surface area contributed by atoms with E-state index >= 15 is 0 Å². The largest absolute Gasteiger partial charge is 0.497 e. The standard InChI is InChI=1S/C14H18N2O5/c1-21-10-5-2-9(3-6-10)4-7-13(18)16-11(14(19)20)8-12(15)17/h2-3,5-6,11H,4,7-8H2,1H3,(H2,15,17)(H,16,18)(H,19,20)/t11-/m1/s1. The lowest BCUT2D eigenvalue weighted by atomic mass is 10.1. The minimum Gasteiger partial charge on any atom is -0.497 e. The second kappa shape index (κ2) is 7.88. The van der Waals surface area contributed by atoms with E-state index in [2.05, 4.69) is 5.32 Å². The molecule has 7 nitrogen and oxygen atoms in total. The summed E-state index contributed by atoms with van der Waals surface area (Å²) in [6.45, 7) is 0. The lowest BCUT2D eigenvalue weighted by molar-refractivity contribution is -0.143. The first kappa shape index (κ1) is 16.5. The van der Waals surface area contributed by atoms with Crippen LogP contribution in [-0.4, -0.2) is 36.0 Å². The highest BCUT2D eigenvalue weighted by molar-refractivity contribution is 5.88. The minimum absolute atomic E-state index is 0.120. The van der Waals surface area contributed by atoms with Crippen molar-refractivity contribution < 1.29 is 24.2 Å². The maximum absolute atomic E-state index is 11.7. The monoisotopic (exact) mass is 294 g/mol. The smallest absolute Gasteiger partial charge is 0.326 e. The van der Waals surface area contributed by atoms with E-state index in [9.17, 15) is 14.4 Å². The van der Waals surface area contributed by atoms with E-state index < -0.39 is 30.2 Å². The minimum atomic E-state index is -1.29. The fourth-order valence-electron chi connectivity index (χ4n) is 1.72. The van der Waals surface area contributed by atoms with E-state index in [1.54, 1.807) is 19.2 Å². The quantitative estimate of drug-likeness (QED) is 0.627. The number of nitrogens with one attached hydrogen (secondary N) is 1. The molecule has 0 heterocycles. The number of carbonyl (C=O) groups is 3. The molecule has 4 N–H and O–H groups in total. The van der Waals surface area contributed by atoms with E-state index in [1.807, 2.05) is 12.1 Å². The van der Waals surface area contributed by atoms with Gasteiger partial charge in [-0.1, -0.05) is 12.1 Å². The Morgan fingerprint density at radius 1 is 1.29 bits per heavy atom. The summed E-state index contributed by atoms with van der Waals surface area (Å²) in [6.07, 6.45) is 0.150. The number of primary amides is 1. The van der Waals surface area contributed by atoms with E-state index in [0.717, 1.165) is 11.3 Å². The number of hydrogen-bond acceptors (Lipinski definition) is 4. The highest BCUT2D eigenvalue weighted by Crippen LogP contribution is 2.12. The van der Waals surface area contributed by atoms with Gasteiger partial charge in [0.15, 0.2) is 0 Å². The highest BCUT2D eigenvalue weighted by Gasteiger charge is 2.21. The van der Waals surface area contributed by atoms with Gasteiger partial charge in [0.25, 0.3) is 0 Å². The van der Waals surface area contributed by atoms with Gasteiger partial charge in [0.05, 0.1) is 13.5 Å². The van der Waals surface area contributed by atoms with Crippen molar-refractivity contribution >= 4 is 17.8 Å². The van der Waals surface area contributed by atoms with Crippen LogP contribution in [0.4, 0.5) is 0 Å². The zero-order valence-electron chi connectivity index (χ0n) is 11.7. The molecule has 1 aromatic rings. The second-order valence-corrected chi connectivity index (χ2v) is 4.48. The van der Waals surface area contributed by atoms with Crippen LogP contribution in [-0.2, 0) is 20.8 Å². The number of methoxy groups -OCH3 is 1. The normalized spacial score (nSPS) is 11.5. The highest BCUT2D eigenvalue weighted by atomic mass is 16.5. The fraction of sp³-hybridized carbons (Fsp3) is 0.357. The number of carboxylic acids is 1. The van der Waals surface area contributed by atoms with Gasteiger partial charge in [0.1, 0.15) is 11.8 Å². The number of carboxylic acid groups (broad SMARTS) is 1. The van der Waals surface area contributed by atoms with Gasteiger partial charge in [0, 0.05) is 6.42 Å². The van der Waals surface area contributed by atoms with Crippen LogP contribution in [0.25, 0.3) is 0 Å². The summed E-state index contributed by atoms with van der Waals surface area (Å²) in [5.41, 5.74) is 5.86. The van der Waals surface area contributed by atoms with E-state index in [1.165, 1.54) is 0 Å². The van der Waals surface area contributed by atoms with Crippen LogP contribution in [0.1, 0.15) is 18.4 Å². The van der Waals surface area contributed by atoms with Crippen molar-refractivity contribution in [3.05, 3.63) is 29.8 Å². The molecule has 0 aromatic heterocycles. The molecule has 0 radical (unpaired) electrons. The Bertz CT molecular complexity index is 513. The van der Waals surface area contributed by atoms with Gasteiger partial charge in [-0.05, 0) is 24.1 Å². The molecule has 0 bridgehead atoms. The van der Waals surface area contributed by atoms with Gasteiger partial charge >= 0.3 is 5.97 Å². The molecule has 0 aliphatic carbocycles. The number of nitrogens with two attached hydrogens (primary N) is 1. The lowest BCUT2D eigenvalue weighted by Gasteiger charge is -2.12. The van der Waals surface area contributed by atoms with Gasteiger partial charge in [-0.15, -0.1) is 0 Å². The molecular weight excluding hydrogens is 276 g/mol. The molecule has 21 heavy (non-hydrogen) atoms. The second-order valence-electron chi connectivity index (χ2n) is 4.48. The number of rotatable bonds is 8. The van der Waals surface area contributed by atoms with Gasteiger partial charge in [-0.25, -0.2) is 4.79 Å². The first-order valence-electron chi connectivity index (χ1n) is 6.35. The lowest BCUT2D eigenvalue weighted by Crippen LogP contribution is -2.43. The van der Waals surface area contributed by atoms with Gasteiger partial charge < -0.3 is 20.9 Å². The molecule has 0 saturated heterocycles. The van der Waals surface area contributed by atoms with Crippen LogP contribution in [0.15, 0.2) is 24.3 Å². The van der Waals surface area contributed by atoms with Crippen LogP contribution in [0, 0.1) is 0 Å². The molecule has 0 aliphatic rings. The molecule has 114 valence electrons. The summed E-state index contributed by atoms with van der Waals surface area (Å²) in [5, 5.41) is 11.2. The van der Waals surface area contributed by atoms with E-state index in [-0.39, 0.29) is 6.42 Å². The summed E-state index contributed by atoms with van der Waals surface area (Å²) < 4.78 is 5.02. The first-order valence-corrected chi connectivity index (χ1v) is 6.35. The average Bonchev–Trinajstić information content (AvgIpc) is 2.44. The Balaban J connectivity index is 2.48. The molecule has 0 spiro atoms. The predicted octanol–water partition coefficient (Wildman–Crippen LogP) is 0.0726. The maximum Gasteiger partial charge on any atom is 0.326 e. The molecule has 7 heteroatoms. The van der Waals surface area contributed by atoms with Crippen molar-refractivity contribution in [3.63, 3.8) is 0 Å². The zero-order chi connectivity index (χ0) is 15.8. The third-order valence-electron chi connectivity index (χ3n) is 2.84. The Morgan fingerprint density at radius 2 is 1.90 bits per heavy atom. The number of carbonyl (C=O) groups excluding carboxylic acids is 2. The Hall–Kier alpha value is -2.57. The topological polar surface area (TPSA) is 119 Å². The van der Waals surface area contributed by atoms with Crippen molar-refractivity contribution in [3.8, 4) is 5.75 Å². The number of benzene rings is 1. The summed E-state index contributed by atoms with van der Waals surface area (Å²) in [5.74, 6) is -1.79. The Labute approximate surface area is 122 Å². The molecule has 1 atom stereocenters. The van der Waals surface area contributed by atoms with Crippen LogP contribution in [0.2, 0.25) is 0 Å². The SMILES string of the molecule is COc1ccc(CCC(=O)N[C@H](CC(N)=O)C(=O)O)cc1. The fourth-order valence-corrected chi connectivity index (χ4v) is 1.72. The van der Waals surface area contributed by atoms with Crippen molar-refractivity contribution in [2.24, 2.45) is 5.73 Å². The predicted molar refractivity (Wildman–Crippen MR) is 74.7 cm³/mol. The maximum atomic E-state index is 11.7.